The first kappa shape index (κ1) is 13.6. The molecule has 0 saturated heterocycles. The van der Waals surface area contributed by atoms with Crippen LogP contribution < -0.4 is 5.32 Å². The van der Waals surface area contributed by atoms with Gasteiger partial charge in [0.15, 0.2) is 0 Å². The molecule has 0 fully saturated rings. The zero-order valence-corrected chi connectivity index (χ0v) is 12.3. The van der Waals surface area contributed by atoms with Gasteiger partial charge in [-0.15, -0.1) is 11.3 Å². The largest absolute Gasteiger partial charge is 0.478 e. The summed E-state index contributed by atoms with van der Waals surface area (Å²) in [7, 11) is 0. The van der Waals surface area contributed by atoms with Crippen LogP contribution in [0.1, 0.15) is 20.8 Å². The molecule has 106 valence electrons. The second-order valence-corrected chi connectivity index (χ2v) is 5.75. The average molecular weight is 298 g/mol. The lowest BCUT2D eigenvalue weighted by Gasteiger charge is -2.07. The summed E-state index contributed by atoms with van der Waals surface area (Å²) in [6.07, 6.45) is 0. The molecule has 2 N–H and O–H groups in total. The maximum atomic E-state index is 11.2. The number of carbonyl (C=O) groups is 1. The number of nitrogens with zero attached hydrogens (tertiary/aromatic N) is 1. The lowest BCUT2D eigenvalue weighted by Crippen LogP contribution is -2.02. The number of benzene rings is 1. The van der Waals surface area contributed by atoms with Gasteiger partial charge < -0.3 is 10.4 Å². The summed E-state index contributed by atoms with van der Waals surface area (Å²) in [5.41, 5.74) is 2.23. The summed E-state index contributed by atoms with van der Waals surface area (Å²) in [6.45, 7) is 2.81. The SMILES string of the molecule is Cc1ccsc1CNc1ccc2c(C(=O)O)cccc2n1. The molecule has 0 bridgehead atoms. The van der Waals surface area contributed by atoms with Crippen molar-refractivity contribution in [2.24, 2.45) is 0 Å². The molecule has 0 spiro atoms. The minimum Gasteiger partial charge on any atom is -0.478 e. The molecule has 0 atom stereocenters. The Morgan fingerprint density at radius 1 is 1.29 bits per heavy atom. The Bertz CT molecular complexity index is 811. The first-order valence-electron chi connectivity index (χ1n) is 6.55. The summed E-state index contributed by atoms with van der Waals surface area (Å²) in [4.78, 5) is 16.9. The number of hydrogen-bond acceptors (Lipinski definition) is 4. The molecule has 2 heterocycles. The van der Waals surface area contributed by atoms with Crippen LogP contribution in [0.2, 0.25) is 0 Å². The number of carboxylic acids is 1. The van der Waals surface area contributed by atoms with Crippen molar-refractivity contribution in [2.75, 3.05) is 5.32 Å². The standard InChI is InChI=1S/C16H14N2O2S/c1-10-7-8-21-14(10)9-17-15-6-5-11-12(16(19)20)3-2-4-13(11)18-15/h2-8H,9H2,1H3,(H,17,18)(H,19,20). The fraction of sp³-hybridized carbons (Fsp3) is 0.125. The topological polar surface area (TPSA) is 62.2 Å². The highest BCUT2D eigenvalue weighted by Crippen LogP contribution is 2.21. The zero-order chi connectivity index (χ0) is 14.8. The van der Waals surface area contributed by atoms with Crippen LogP contribution in [0.25, 0.3) is 10.9 Å². The van der Waals surface area contributed by atoms with Gasteiger partial charge >= 0.3 is 5.97 Å². The molecular weight excluding hydrogens is 284 g/mol. The molecule has 0 unspecified atom stereocenters. The summed E-state index contributed by atoms with van der Waals surface area (Å²) < 4.78 is 0. The average Bonchev–Trinajstić information content (AvgIpc) is 2.89. The van der Waals surface area contributed by atoms with Gasteiger partial charge in [0.25, 0.3) is 0 Å². The van der Waals surface area contributed by atoms with E-state index in [0.717, 1.165) is 12.4 Å². The van der Waals surface area contributed by atoms with Gasteiger partial charge in [-0.3, -0.25) is 0 Å². The van der Waals surface area contributed by atoms with Gasteiger partial charge in [0, 0.05) is 10.3 Å². The molecule has 0 amide bonds. The normalized spacial score (nSPS) is 10.7. The van der Waals surface area contributed by atoms with E-state index in [2.05, 4.69) is 28.7 Å². The molecule has 0 saturated carbocycles. The quantitative estimate of drug-likeness (QED) is 0.766. The summed E-state index contributed by atoms with van der Waals surface area (Å²) in [6, 6.07) is 10.8. The van der Waals surface area contributed by atoms with Gasteiger partial charge in [-0.05, 0) is 48.2 Å². The van der Waals surface area contributed by atoms with E-state index in [4.69, 9.17) is 5.11 Å². The van der Waals surface area contributed by atoms with Crippen molar-refractivity contribution >= 4 is 34.0 Å². The molecular formula is C16H14N2O2S. The number of anilines is 1. The summed E-state index contributed by atoms with van der Waals surface area (Å²) >= 11 is 1.71. The lowest BCUT2D eigenvalue weighted by atomic mass is 10.1. The smallest absolute Gasteiger partial charge is 0.336 e. The van der Waals surface area contributed by atoms with Crippen molar-refractivity contribution < 1.29 is 9.90 Å². The van der Waals surface area contributed by atoms with Crippen molar-refractivity contribution in [1.82, 2.24) is 4.98 Å². The number of pyridine rings is 1. The van der Waals surface area contributed by atoms with Crippen LogP contribution in [-0.4, -0.2) is 16.1 Å². The Morgan fingerprint density at radius 3 is 2.86 bits per heavy atom. The molecule has 0 aliphatic rings. The summed E-state index contributed by atoms with van der Waals surface area (Å²) in [5, 5.41) is 15.2. The van der Waals surface area contributed by atoms with Crippen LogP contribution in [0.3, 0.4) is 0 Å². The molecule has 3 aromatic rings. The highest BCUT2D eigenvalue weighted by Gasteiger charge is 2.09. The molecule has 0 aliphatic heterocycles. The second-order valence-electron chi connectivity index (χ2n) is 4.75. The number of aromatic nitrogens is 1. The van der Waals surface area contributed by atoms with Crippen LogP contribution in [0.4, 0.5) is 5.82 Å². The Kier molecular flexibility index (Phi) is 3.58. The van der Waals surface area contributed by atoms with Crippen molar-refractivity contribution in [1.29, 1.82) is 0 Å². The highest BCUT2D eigenvalue weighted by atomic mass is 32.1. The third-order valence-corrected chi connectivity index (χ3v) is 4.38. The fourth-order valence-electron chi connectivity index (χ4n) is 2.20. The van der Waals surface area contributed by atoms with E-state index >= 15 is 0 Å². The predicted molar refractivity (Wildman–Crippen MR) is 85.1 cm³/mol. The highest BCUT2D eigenvalue weighted by molar-refractivity contribution is 7.10. The molecule has 3 rings (SSSR count). The third-order valence-electron chi connectivity index (χ3n) is 3.36. The van der Waals surface area contributed by atoms with Crippen LogP contribution in [0.5, 0.6) is 0 Å². The van der Waals surface area contributed by atoms with Crippen molar-refractivity contribution in [3.8, 4) is 0 Å². The number of hydrogen-bond donors (Lipinski definition) is 2. The number of aromatic carboxylic acids is 1. The first-order valence-corrected chi connectivity index (χ1v) is 7.43. The van der Waals surface area contributed by atoms with E-state index in [-0.39, 0.29) is 5.56 Å². The zero-order valence-electron chi connectivity index (χ0n) is 11.5. The molecule has 0 radical (unpaired) electrons. The molecule has 4 nitrogen and oxygen atoms in total. The van der Waals surface area contributed by atoms with E-state index in [1.54, 1.807) is 29.5 Å². The van der Waals surface area contributed by atoms with Crippen LogP contribution in [0, 0.1) is 6.92 Å². The minimum atomic E-state index is -0.933. The number of carboxylic acid groups (broad SMARTS) is 1. The number of fused-ring (bicyclic) bond motifs is 1. The molecule has 2 aromatic heterocycles. The van der Waals surface area contributed by atoms with Crippen molar-refractivity contribution in [3.63, 3.8) is 0 Å². The van der Waals surface area contributed by atoms with Crippen LogP contribution in [-0.2, 0) is 6.54 Å². The van der Waals surface area contributed by atoms with Crippen LogP contribution >= 0.6 is 11.3 Å². The Hall–Kier alpha value is -2.40. The Morgan fingerprint density at radius 2 is 2.14 bits per heavy atom. The predicted octanol–water partition coefficient (Wildman–Crippen LogP) is 3.92. The van der Waals surface area contributed by atoms with Gasteiger partial charge in [-0.1, -0.05) is 6.07 Å². The maximum Gasteiger partial charge on any atom is 0.336 e. The number of nitrogens with one attached hydrogen (secondary N) is 1. The molecule has 0 aliphatic carbocycles. The molecule has 1 aromatic carbocycles. The van der Waals surface area contributed by atoms with Gasteiger partial charge in [-0.2, -0.15) is 0 Å². The third kappa shape index (κ3) is 2.73. The minimum absolute atomic E-state index is 0.278. The first-order chi connectivity index (χ1) is 10.1. The van der Waals surface area contributed by atoms with E-state index in [1.165, 1.54) is 10.4 Å². The second kappa shape index (κ2) is 5.54. The van der Waals surface area contributed by atoms with Crippen LogP contribution in [0.15, 0.2) is 41.8 Å². The van der Waals surface area contributed by atoms with E-state index in [1.807, 2.05) is 12.1 Å². The van der Waals surface area contributed by atoms with Gasteiger partial charge in [-0.25, -0.2) is 9.78 Å². The number of rotatable bonds is 4. The lowest BCUT2D eigenvalue weighted by molar-refractivity contribution is 0.0699. The van der Waals surface area contributed by atoms with Gasteiger partial charge in [0.05, 0.1) is 17.6 Å². The Balaban J connectivity index is 1.88. The number of thiophene rings is 1. The maximum absolute atomic E-state index is 11.2. The van der Waals surface area contributed by atoms with Gasteiger partial charge in [0.2, 0.25) is 0 Å². The van der Waals surface area contributed by atoms with E-state index in [9.17, 15) is 4.79 Å². The monoisotopic (exact) mass is 298 g/mol. The molecule has 21 heavy (non-hydrogen) atoms. The summed E-state index contributed by atoms with van der Waals surface area (Å²) in [5.74, 6) is -0.185. The number of aryl methyl sites for hydroxylation is 1. The van der Waals surface area contributed by atoms with Crippen molar-refractivity contribution in [2.45, 2.75) is 13.5 Å². The molecule has 5 heteroatoms. The van der Waals surface area contributed by atoms with Crippen molar-refractivity contribution in [3.05, 3.63) is 57.8 Å². The fourth-order valence-corrected chi connectivity index (χ4v) is 3.04. The van der Waals surface area contributed by atoms with E-state index < -0.39 is 5.97 Å². The van der Waals surface area contributed by atoms with Gasteiger partial charge in [0.1, 0.15) is 5.82 Å². The Labute approximate surface area is 126 Å². The van der Waals surface area contributed by atoms with E-state index in [0.29, 0.717) is 10.9 Å².